The Hall–Kier alpha value is 0.130. The highest BCUT2D eigenvalue weighted by molar-refractivity contribution is 4.44. The normalized spacial score (nSPS) is 11.2. The third-order valence-corrected chi connectivity index (χ3v) is 2.85. The lowest BCUT2D eigenvalue weighted by Gasteiger charge is -2.34. The van der Waals surface area contributed by atoms with Crippen LogP contribution in [0.1, 0.15) is 25.7 Å². The first kappa shape index (κ1) is 18.5. The van der Waals surface area contributed by atoms with Gasteiger partial charge >= 0.3 is 0 Å². The van der Waals surface area contributed by atoms with Gasteiger partial charge < -0.3 is 32.2 Å². The highest BCUT2D eigenvalue weighted by Gasteiger charge is 2.19. The first-order valence-corrected chi connectivity index (χ1v) is 5.84. The van der Waals surface area contributed by atoms with Crippen LogP contribution >= 0.6 is 0 Å². The molecule has 0 spiro atoms. The van der Waals surface area contributed by atoms with Crippen molar-refractivity contribution in [2.75, 3.05) is 46.5 Å². The monoisotopic (exact) mass is 255 g/mol. The minimum atomic E-state index is 0. The third-order valence-electron chi connectivity index (χ3n) is 2.85. The Morgan fingerprint density at radius 1 is 0.688 bits per heavy atom. The highest BCUT2D eigenvalue weighted by Crippen LogP contribution is 2.08. The molecule has 3 N–H and O–H groups in total. The van der Waals surface area contributed by atoms with E-state index in [4.69, 9.17) is 15.3 Å². The quantitative estimate of drug-likeness (QED) is 0.288. The Morgan fingerprint density at radius 3 is 1.44 bits per heavy atom. The summed E-state index contributed by atoms with van der Waals surface area (Å²) in [7, 11) is 2.13. The van der Waals surface area contributed by atoms with E-state index in [0.717, 1.165) is 49.8 Å². The van der Waals surface area contributed by atoms with Crippen LogP contribution in [0.4, 0.5) is 0 Å². The van der Waals surface area contributed by atoms with Crippen LogP contribution in [0.25, 0.3) is 0 Å². The van der Waals surface area contributed by atoms with Crippen LogP contribution in [-0.4, -0.2) is 66.3 Å². The Labute approximate surface area is 105 Å². The molecule has 0 aliphatic heterocycles. The summed E-state index contributed by atoms with van der Waals surface area (Å²) in [5.74, 6) is 0. The molecule has 0 radical (unpaired) electrons. The molecule has 0 aliphatic carbocycles. The van der Waals surface area contributed by atoms with Crippen molar-refractivity contribution >= 4 is 0 Å². The van der Waals surface area contributed by atoms with E-state index in [1.165, 1.54) is 0 Å². The zero-order valence-corrected chi connectivity index (χ0v) is 11.0. The third kappa shape index (κ3) is 9.36. The molecule has 5 heteroatoms. The molecular formula is C11H26ClNO3. The number of halogens is 1. The molecule has 0 aromatic carbocycles. The van der Waals surface area contributed by atoms with E-state index < -0.39 is 0 Å². The highest BCUT2D eigenvalue weighted by atomic mass is 35.5. The summed E-state index contributed by atoms with van der Waals surface area (Å²) in [6, 6.07) is 0. The number of unbranched alkanes of at least 4 members (excludes halogenated alkanes) is 2. The Morgan fingerprint density at radius 2 is 1.12 bits per heavy atom. The van der Waals surface area contributed by atoms with Gasteiger partial charge in [-0.25, -0.2) is 0 Å². The number of nitrogens with zero attached hydrogens (tertiary/aromatic N) is 1. The first-order valence-electron chi connectivity index (χ1n) is 5.84. The maximum atomic E-state index is 9.00. The second kappa shape index (κ2) is 11.6. The van der Waals surface area contributed by atoms with Gasteiger partial charge in [0.1, 0.15) is 6.54 Å². The summed E-state index contributed by atoms with van der Waals surface area (Å²) in [4.78, 5) is 0. The van der Waals surface area contributed by atoms with E-state index >= 15 is 0 Å². The average Bonchev–Trinajstić information content (AvgIpc) is 2.19. The summed E-state index contributed by atoms with van der Waals surface area (Å²) in [6.07, 6.45) is 3.65. The van der Waals surface area contributed by atoms with Gasteiger partial charge in [0.2, 0.25) is 0 Å². The number of aliphatic hydroxyl groups excluding tert-OH is 3. The summed E-state index contributed by atoms with van der Waals surface area (Å²) in [6.45, 7) is 3.44. The van der Waals surface area contributed by atoms with Crippen LogP contribution < -0.4 is 12.4 Å². The molecule has 0 atom stereocenters. The molecule has 0 saturated heterocycles. The van der Waals surface area contributed by atoms with Crippen LogP contribution in [-0.2, 0) is 0 Å². The van der Waals surface area contributed by atoms with Crippen LogP contribution in [0.5, 0.6) is 0 Å². The lowest BCUT2D eigenvalue weighted by Crippen LogP contribution is -3.00. The van der Waals surface area contributed by atoms with Gasteiger partial charge in [-0.2, -0.15) is 0 Å². The summed E-state index contributed by atoms with van der Waals surface area (Å²) in [5, 5.41) is 26.4. The molecule has 0 amide bonds. The minimum Gasteiger partial charge on any atom is -1.00 e. The maximum Gasteiger partial charge on any atom is 0.102 e. The summed E-state index contributed by atoms with van der Waals surface area (Å²) in [5.41, 5.74) is 0. The SMILES string of the molecule is C[N+](CCO)(CCCCO)CCCCO.[Cl-]. The van der Waals surface area contributed by atoms with Gasteiger partial charge in [0.05, 0.1) is 26.7 Å². The number of hydrogen-bond acceptors (Lipinski definition) is 3. The Kier molecular flexibility index (Phi) is 13.4. The Balaban J connectivity index is 0. The largest absolute Gasteiger partial charge is 1.00 e. The van der Waals surface area contributed by atoms with Crippen molar-refractivity contribution in [2.24, 2.45) is 0 Å². The number of likely N-dealkylation sites (N-methyl/N-ethyl adjacent to an activating group) is 1. The molecule has 100 valence electrons. The molecule has 0 unspecified atom stereocenters. The van der Waals surface area contributed by atoms with Gasteiger partial charge in [0.25, 0.3) is 0 Å². The van der Waals surface area contributed by atoms with Gasteiger partial charge in [-0.15, -0.1) is 0 Å². The standard InChI is InChI=1S/C11H26NO3.ClH/c1-12(8-11-15,6-2-4-9-13)7-3-5-10-14;/h13-15H,2-11H2,1H3;1H/q+1;/p-1. The number of aliphatic hydroxyl groups is 3. The topological polar surface area (TPSA) is 60.7 Å². The molecule has 0 fully saturated rings. The van der Waals surface area contributed by atoms with Crippen molar-refractivity contribution in [3.63, 3.8) is 0 Å². The molecule has 0 aromatic heterocycles. The second-order valence-corrected chi connectivity index (χ2v) is 4.38. The lowest BCUT2D eigenvalue weighted by molar-refractivity contribution is -0.910. The van der Waals surface area contributed by atoms with Crippen LogP contribution in [0.2, 0.25) is 0 Å². The maximum absolute atomic E-state index is 9.00. The van der Waals surface area contributed by atoms with Gasteiger partial charge in [-0.3, -0.25) is 0 Å². The fourth-order valence-corrected chi connectivity index (χ4v) is 1.79. The summed E-state index contributed by atoms with van der Waals surface area (Å²) >= 11 is 0. The fourth-order valence-electron chi connectivity index (χ4n) is 1.79. The molecule has 0 saturated carbocycles. The second-order valence-electron chi connectivity index (χ2n) is 4.38. The van der Waals surface area contributed by atoms with Gasteiger partial charge in [0.15, 0.2) is 0 Å². The molecular weight excluding hydrogens is 230 g/mol. The van der Waals surface area contributed by atoms with E-state index in [-0.39, 0.29) is 32.2 Å². The van der Waals surface area contributed by atoms with E-state index in [1.54, 1.807) is 0 Å². The van der Waals surface area contributed by atoms with Crippen LogP contribution in [0, 0.1) is 0 Å². The molecule has 0 rings (SSSR count). The molecule has 0 bridgehead atoms. The molecule has 16 heavy (non-hydrogen) atoms. The van der Waals surface area contributed by atoms with Crippen molar-refractivity contribution in [1.29, 1.82) is 0 Å². The van der Waals surface area contributed by atoms with Crippen molar-refractivity contribution in [2.45, 2.75) is 25.7 Å². The van der Waals surface area contributed by atoms with E-state index in [1.807, 2.05) is 0 Å². The molecule has 4 nitrogen and oxygen atoms in total. The smallest absolute Gasteiger partial charge is 0.102 e. The molecule has 0 aliphatic rings. The number of hydrogen-bond donors (Lipinski definition) is 3. The van der Waals surface area contributed by atoms with Crippen molar-refractivity contribution in [3.05, 3.63) is 0 Å². The van der Waals surface area contributed by atoms with E-state index in [9.17, 15) is 0 Å². The van der Waals surface area contributed by atoms with Crippen molar-refractivity contribution in [3.8, 4) is 0 Å². The predicted molar refractivity (Wildman–Crippen MR) is 60.5 cm³/mol. The average molecular weight is 256 g/mol. The fraction of sp³-hybridized carbons (Fsp3) is 1.00. The minimum absolute atomic E-state index is 0. The van der Waals surface area contributed by atoms with Crippen LogP contribution in [0.3, 0.4) is 0 Å². The van der Waals surface area contributed by atoms with Crippen LogP contribution in [0.15, 0.2) is 0 Å². The lowest BCUT2D eigenvalue weighted by atomic mass is 10.2. The van der Waals surface area contributed by atoms with Gasteiger partial charge in [-0.1, -0.05) is 0 Å². The molecule has 0 heterocycles. The predicted octanol–water partition coefficient (Wildman–Crippen LogP) is -3.03. The van der Waals surface area contributed by atoms with Gasteiger partial charge in [-0.05, 0) is 25.7 Å². The van der Waals surface area contributed by atoms with Crippen molar-refractivity contribution < 1.29 is 32.2 Å². The number of quaternary nitrogens is 1. The van der Waals surface area contributed by atoms with Crippen molar-refractivity contribution in [1.82, 2.24) is 0 Å². The zero-order chi connectivity index (χ0) is 11.6. The molecule has 0 aromatic rings. The summed E-state index contributed by atoms with van der Waals surface area (Å²) < 4.78 is 0.844. The van der Waals surface area contributed by atoms with E-state index in [0.29, 0.717) is 0 Å². The first-order chi connectivity index (χ1) is 7.18. The van der Waals surface area contributed by atoms with E-state index in [2.05, 4.69) is 7.05 Å². The Bertz CT molecular complexity index is 137. The zero-order valence-electron chi connectivity index (χ0n) is 10.2. The number of rotatable bonds is 10. The van der Waals surface area contributed by atoms with Gasteiger partial charge in [0, 0.05) is 13.2 Å².